The van der Waals surface area contributed by atoms with Gasteiger partial charge in [0.25, 0.3) is 5.91 Å². The molecular formula is C25H26F3N3O2. The van der Waals surface area contributed by atoms with E-state index >= 15 is 0 Å². The van der Waals surface area contributed by atoms with Gasteiger partial charge in [-0.2, -0.15) is 18.3 Å². The molecule has 0 atom stereocenters. The first-order valence-electron chi connectivity index (χ1n) is 11.0. The molecule has 5 nitrogen and oxygen atoms in total. The standard InChI is InChI=1S/C23H20F3N3O2.C2H6/c1-14-3-5-15(6-4-14)28-13-22(11-12-22)18-19(21(28)30)29(27-20(18)23(24,25)26)16-7-9-17(31-2)10-8-16;1-2/h3-10H,11-13H2,1-2H3;1-2H3. The lowest BCUT2D eigenvalue weighted by Gasteiger charge is -2.34. The van der Waals surface area contributed by atoms with Gasteiger partial charge in [0.2, 0.25) is 0 Å². The fraction of sp³-hybridized carbons (Fsp3) is 0.360. The minimum Gasteiger partial charge on any atom is -0.497 e. The average molecular weight is 457 g/mol. The second-order valence-corrected chi connectivity index (χ2v) is 8.19. The molecule has 1 amide bonds. The van der Waals surface area contributed by atoms with E-state index in [1.165, 1.54) is 7.11 Å². The maximum absolute atomic E-state index is 14.0. The summed E-state index contributed by atoms with van der Waals surface area (Å²) in [7, 11) is 1.51. The molecule has 5 rings (SSSR count). The molecule has 0 saturated heterocycles. The molecule has 0 unspecified atom stereocenters. The van der Waals surface area contributed by atoms with Crippen molar-refractivity contribution < 1.29 is 22.7 Å². The van der Waals surface area contributed by atoms with Crippen LogP contribution in [-0.2, 0) is 11.6 Å². The van der Waals surface area contributed by atoms with Gasteiger partial charge in [-0.25, -0.2) is 4.68 Å². The molecule has 1 aliphatic carbocycles. The SMILES string of the molecule is CC.COc1ccc(-n2nc(C(F)(F)F)c3c2C(=O)N(c2ccc(C)cc2)CC32CC2)cc1. The van der Waals surface area contributed by atoms with Crippen LogP contribution in [0.3, 0.4) is 0 Å². The number of halogens is 3. The molecule has 8 heteroatoms. The molecule has 2 heterocycles. The molecule has 0 bridgehead atoms. The lowest BCUT2D eigenvalue weighted by Crippen LogP contribution is -2.44. The zero-order chi connectivity index (χ0) is 24.0. The highest BCUT2D eigenvalue weighted by Crippen LogP contribution is 2.56. The molecule has 3 aromatic rings. The average Bonchev–Trinajstić information content (AvgIpc) is 3.45. The second kappa shape index (κ2) is 8.24. The van der Waals surface area contributed by atoms with Gasteiger partial charge in [0.1, 0.15) is 11.4 Å². The summed E-state index contributed by atoms with van der Waals surface area (Å²) < 4.78 is 48.2. The number of amides is 1. The fourth-order valence-electron chi connectivity index (χ4n) is 4.30. The third-order valence-corrected chi connectivity index (χ3v) is 6.11. The predicted octanol–water partition coefficient (Wildman–Crippen LogP) is 5.93. The van der Waals surface area contributed by atoms with Gasteiger partial charge < -0.3 is 9.64 Å². The molecular weight excluding hydrogens is 431 g/mol. The summed E-state index contributed by atoms with van der Waals surface area (Å²) >= 11 is 0. The van der Waals surface area contributed by atoms with E-state index in [4.69, 9.17) is 4.74 Å². The second-order valence-electron chi connectivity index (χ2n) is 8.19. The number of benzene rings is 2. The van der Waals surface area contributed by atoms with Gasteiger partial charge in [-0.15, -0.1) is 0 Å². The molecule has 0 N–H and O–H groups in total. The van der Waals surface area contributed by atoms with Crippen LogP contribution in [-0.4, -0.2) is 29.3 Å². The highest BCUT2D eigenvalue weighted by atomic mass is 19.4. The molecule has 174 valence electrons. The molecule has 1 saturated carbocycles. The van der Waals surface area contributed by atoms with Crippen molar-refractivity contribution in [3.05, 3.63) is 71.0 Å². The number of aryl methyl sites for hydroxylation is 1. The van der Waals surface area contributed by atoms with Crippen molar-refractivity contribution in [3.63, 3.8) is 0 Å². The van der Waals surface area contributed by atoms with Crippen LogP contribution in [0.25, 0.3) is 5.69 Å². The Morgan fingerprint density at radius 1 is 0.970 bits per heavy atom. The molecule has 2 aromatic carbocycles. The maximum atomic E-state index is 14.0. The number of fused-ring (bicyclic) bond motifs is 2. The summed E-state index contributed by atoms with van der Waals surface area (Å²) in [5.41, 5.74) is 0.423. The number of anilines is 1. The monoisotopic (exact) mass is 457 g/mol. The Bertz CT molecular complexity index is 1160. The minimum atomic E-state index is -4.65. The first-order chi connectivity index (χ1) is 15.7. The number of hydrogen-bond acceptors (Lipinski definition) is 3. The van der Waals surface area contributed by atoms with Gasteiger partial charge in [0.15, 0.2) is 5.69 Å². The Labute approximate surface area is 190 Å². The number of rotatable bonds is 3. The van der Waals surface area contributed by atoms with Crippen LogP contribution in [0.15, 0.2) is 48.5 Å². The Kier molecular flexibility index (Phi) is 5.72. The molecule has 33 heavy (non-hydrogen) atoms. The van der Waals surface area contributed by atoms with Crippen molar-refractivity contribution in [1.29, 1.82) is 0 Å². The van der Waals surface area contributed by atoms with Crippen molar-refractivity contribution >= 4 is 11.6 Å². The van der Waals surface area contributed by atoms with E-state index in [0.717, 1.165) is 10.2 Å². The number of ether oxygens (including phenoxy) is 1. The number of aromatic nitrogens is 2. The third kappa shape index (κ3) is 3.87. The van der Waals surface area contributed by atoms with Crippen LogP contribution >= 0.6 is 0 Å². The van der Waals surface area contributed by atoms with Gasteiger partial charge in [0.05, 0.1) is 12.8 Å². The van der Waals surface area contributed by atoms with Gasteiger partial charge in [0, 0.05) is 23.2 Å². The van der Waals surface area contributed by atoms with Gasteiger partial charge in [-0.1, -0.05) is 31.5 Å². The summed E-state index contributed by atoms with van der Waals surface area (Å²) in [6.07, 6.45) is -3.47. The zero-order valence-corrected chi connectivity index (χ0v) is 19.0. The van der Waals surface area contributed by atoms with E-state index in [2.05, 4.69) is 5.10 Å². The summed E-state index contributed by atoms with van der Waals surface area (Å²) in [6, 6.07) is 13.9. The van der Waals surface area contributed by atoms with E-state index in [1.807, 2.05) is 45.0 Å². The quantitative estimate of drug-likeness (QED) is 0.490. The number of alkyl halides is 3. The molecule has 2 aliphatic rings. The number of carbonyl (C=O) groups is 1. The largest absolute Gasteiger partial charge is 0.497 e. The maximum Gasteiger partial charge on any atom is 0.435 e. The van der Waals surface area contributed by atoms with E-state index < -0.39 is 23.2 Å². The molecule has 1 fully saturated rings. The summed E-state index contributed by atoms with van der Waals surface area (Å²) in [5, 5.41) is 3.92. The van der Waals surface area contributed by atoms with Crippen LogP contribution in [0.5, 0.6) is 5.75 Å². The highest BCUT2D eigenvalue weighted by molar-refractivity contribution is 6.08. The Morgan fingerprint density at radius 3 is 2.06 bits per heavy atom. The van der Waals surface area contributed by atoms with Crippen LogP contribution < -0.4 is 9.64 Å². The number of methoxy groups -OCH3 is 1. The van der Waals surface area contributed by atoms with E-state index in [-0.39, 0.29) is 17.8 Å². The van der Waals surface area contributed by atoms with Crippen molar-refractivity contribution in [2.75, 3.05) is 18.6 Å². The first-order valence-corrected chi connectivity index (χ1v) is 11.0. The van der Waals surface area contributed by atoms with Crippen molar-refractivity contribution in [2.24, 2.45) is 0 Å². The van der Waals surface area contributed by atoms with Crippen LogP contribution in [0.1, 0.15) is 54.0 Å². The van der Waals surface area contributed by atoms with E-state index in [0.29, 0.717) is 30.0 Å². The normalized spacial score (nSPS) is 16.2. The van der Waals surface area contributed by atoms with Crippen LogP contribution in [0.4, 0.5) is 18.9 Å². The third-order valence-electron chi connectivity index (χ3n) is 6.11. The number of carbonyl (C=O) groups excluding carboxylic acids is 1. The fourth-order valence-corrected chi connectivity index (χ4v) is 4.30. The molecule has 0 radical (unpaired) electrons. The van der Waals surface area contributed by atoms with E-state index in [1.54, 1.807) is 29.2 Å². The topological polar surface area (TPSA) is 47.4 Å². The van der Waals surface area contributed by atoms with Crippen molar-refractivity contribution in [3.8, 4) is 11.4 Å². The molecule has 1 aromatic heterocycles. The Balaban J connectivity index is 0.00000126. The first kappa shape index (κ1) is 22.9. The lowest BCUT2D eigenvalue weighted by atomic mass is 9.88. The van der Waals surface area contributed by atoms with Crippen LogP contribution in [0.2, 0.25) is 0 Å². The number of hydrogen-bond donors (Lipinski definition) is 0. The Hall–Kier alpha value is -3.29. The minimum absolute atomic E-state index is 0.0122. The smallest absolute Gasteiger partial charge is 0.435 e. The van der Waals surface area contributed by atoms with Crippen molar-refractivity contribution in [1.82, 2.24) is 9.78 Å². The lowest BCUT2D eigenvalue weighted by molar-refractivity contribution is -0.142. The van der Waals surface area contributed by atoms with Gasteiger partial charge in [-0.3, -0.25) is 4.79 Å². The highest BCUT2D eigenvalue weighted by Gasteiger charge is 2.58. The van der Waals surface area contributed by atoms with Gasteiger partial charge in [-0.05, 0) is 56.2 Å². The molecule has 1 aliphatic heterocycles. The zero-order valence-electron chi connectivity index (χ0n) is 19.0. The van der Waals surface area contributed by atoms with Gasteiger partial charge >= 0.3 is 6.18 Å². The molecule has 1 spiro atoms. The summed E-state index contributed by atoms with van der Waals surface area (Å²) in [4.78, 5) is 15.1. The summed E-state index contributed by atoms with van der Waals surface area (Å²) in [6.45, 7) is 6.16. The van der Waals surface area contributed by atoms with Crippen molar-refractivity contribution in [2.45, 2.75) is 45.2 Å². The predicted molar refractivity (Wildman–Crippen MR) is 120 cm³/mol. The number of nitrogens with zero attached hydrogens (tertiary/aromatic N) is 3. The van der Waals surface area contributed by atoms with E-state index in [9.17, 15) is 18.0 Å². The summed E-state index contributed by atoms with van der Waals surface area (Å²) in [5.74, 6) is 0.0855. The van der Waals surface area contributed by atoms with Crippen LogP contribution in [0, 0.1) is 6.92 Å². The Morgan fingerprint density at radius 2 is 1.55 bits per heavy atom.